The molecule has 1 aliphatic carbocycles. The summed E-state index contributed by atoms with van der Waals surface area (Å²) in [5, 5.41) is 3.66. The smallest absolute Gasteiger partial charge is 0.0169 e. The molecule has 2 aliphatic rings. The fourth-order valence-corrected chi connectivity index (χ4v) is 2.23. The average molecular weight is 182 g/mol. The maximum atomic E-state index is 3.66. The monoisotopic (exact) mass is 182 g/mol. The molecule has 0 radical (unpaired) electrons. The van der Waals surface area contributed by atoms with Crippen LogP contribution in [0.3, 0.4) is 0 Å². The van der Waals surface area contributed by atoms with Crippen LogP contribution in [0, 0.1) is 0 Å². The van der Waals surface area contributed by atoms with E-state index in [1.807, 2.05) is 0 Å². The first-order valence-corrected chi connectivity index (χ1v) is 5.83. The molecule has 0 aromatic carbocycles. The highest BCUT2D eigenvalue weighted by molar-refractivity contribution is 4.84. The predicted molar refractivity (Wildman–Crippen MR) is 55.9 cm³/mol. The van der Waals surface area contributed by atoms with E-state index >= 15 is 0 Å². The lowest BCUT2D eigenvalue weighted by Crippen LogP contribution is -2.42. The molecule has 1 heterocycles. The first-order valence-electron chi connectivity index (χ1n) is 5.83. The maximum absolute atomic E-state index is 3.66. The van der Waals surface area contributed by atoms with Crippen LogP contribution < -0.4 is 5.32 Å². The van der Waals surface area contributed by atoms with Crippen molar-refractivity contribution >= 4 is 0 Å². The van der Waals surface area contributed by atoms with Gasteiger partial charge in [-0.25, -0.2) is 0 Å². The third-order valence-electron chi connectivity index (χ3n) is 3.08. The fraction of sp³-hybridized carbons (Fsp3) is 1.00. The standard InChI is InChI=1S/C11H22N2/c1-10(12-11-5-6-11)9-13-7-3-2-4-8-13/h10-12H,2-9H2,1H3. The van der Waals surface area contributed by atoms with Crippen LogP contribution in [0.2, 0.25) is 0 Å². The summed E-state index contributed by atoms with van der Waals surface area (Å²) in [6.07, 6.45) is 7.09. The van der Waals surface area contributed by atoms with Crippen molar-refractivity contribution in [3.63, 3.8) is 0 Å². The number of hydrogen-bond acceptors (Lipinski definition) is 2. The second-order valence-corrected chi connectivity index (χ2v) is 4.70. The Labute approximate surface area is 81.7 Å². The van der Waals surface area contributed by atoms with Gasteiger partial charge in [-0.1, -0.05) is 6.42 Å². The minimum Gasteiger partial charge on any atom is -0.310 e. The molecule has 2 fully saturated rings. The van der Waals surface area contributed by atoms with E-state index in [4.69, 9.17) is 0 Å². The van der Waals surface area contributed by atoms with Gasteiger partial charge >= 0.3 is 0 Å². The van der Waals surface area contributed by atoms with E-state index in [-0.39, 0.29) is 0 Å². The van der Waals surface area contributed by atoms with E-state index < -0.39 is 0 Å². The summed E-state index contributed by atoms with van der Waals surface area (Å²) in [7, 11) is 0. The molecule has 0 spiro atoms. The van der Waals surface area contributed by atoms with Crippen molar-refractivity contribution in [1.82, 2.24) is 10.2 Å². The van der Waals surface area contributed by atoms with Crippen molar-refractivity contribution in [3.8, 4) is 0 Å². The molecule has 1 atom stereocenters. The summed E-state index contributed by atoms with van der Waals surface area (Å²) in [5.74, 6) is 0. The first kappa shape index (κ1) is 9.47. The molecule has 2 nitrogen and oxygen atoms in total. The lowest BCUT2D eigenvalue weighted by Gasteiger charge is -2.29. The van der Waals surface area contributed by atoms with Gasteiger partial charge in [0.15, 0.2) is 0 Å². The van der Waals surface area contributed by atoms with Crippen LogP contribution in [-0.2, 0) is 0 Å². The van der Waals surface area contributed by atoms with Crippen LogP contribution in [-0.4, -0.2) is 36.6 Å². The molecule has 13 heavy (non-hydrogen) atoms. The molecule has 1 saturated heterocycles. The molecule has 76 valence electrons. The summed E-state index contributed by atoms with van der Waals surface area (Å²) in [4.78, 5) is 2.61. The molecular weight excluding hydrogens is 160 g/mol. The van der Waals surface area contributed by atoms with Crippen LogP contribution in [0.15, 0.2) is 0 Å². The number of piperidine rings is 1. The molecule has 0 aromatic rings. The van der Waals surface area contributed by atoms with Crippen LogP contribution in [0.5, 0.6) is 0 Å². The third kappa shape index (κ3) is 3.28. The minimum absolute atomic E-state index is 0.700. The Morgan fingerprint density at radius 2 is 1.92 bits per heavy atom. The van der Waals surface area contributed by atoms with Gasteiger partial charge in [-0.2, -0.15) is 0 Å². The van der Waals surface area contributed by atoms with E-state index in [2.05, 4.69) is 17.1 Å². The second-order valence-electron chi connectivity index (χ2n) is 4.70. The topological polar surface area (TPSA) is 15.3 Å². The largest absolute Gasteiger partial charge is 0.310 e. The molecule has 1 saturated carbocycles. The molecule has 2 rings (SSSR count). The Bertz CT molecular complexity index is 148. The van der Waals surface area contributed by atoms with Crippen molar-refractivity contribution in [3.05, 3.63) is 0 Å². The average Bonchev–Trinajstić information content (AvgIpc) is 2.90. The third-order valence-corrected chi connectivity index (χ3v) is 3.08. The van der Waals surface area contributed by atoms with Crippen molar-refractivity contribution in [2.75, 3.05) is 19.6 Å². The molecule has 1 aliphatic heterocycles. The quantitative estimate of drug-likeness (QED) is 0.710. The summed E-state index contributed by atoms with van der Waals surface area (Å²) < 4.78 is 0. The van der Waals surface area contributed by atoms with Gasteiger partial charge in [0.2, 0.25) is 0 Å². The van der Waals surface area contributed by atoms with E-state index in [0.717, 1.165) is 6.04 Å². The SMILES string of the molecule is CC(CN1CCCCC1)NC1CC1. The summed E-state index contributed by atoms with van der Waals surface area (Å²) in [6, 6.07) is 1.56. The van der Waals surface area contributed by atoms with Crippen molar-refractivity contribution in [1.29, 1.82) is 0 Å². The van der Waals surface area contributed by atoms with Crippen molar-refractivity contribution in [2.45, 2.75) is 51.1 Å². The summed E-state index contributed by atoms with van der Waals surface area (Å²) >= 11 is 0. The van der Waals surface area contributed by atoms with Gasteiger partial charge in [0.1, 0.15) is 0 Å². The predicted octanol–water partition coefficient (Wildman–Crippen LogP) is 1.61. The van der Waals surface area contributed by atoms with Crippen molar-refractivity contribution in [2.24, 2.45) is 0 Å². The number of likely N-dealkylation sites (tertiary alicyclic amines) is 1. The zero-order chi connectivity index (χ0) is 9.10. The molecule has 0 aromatic heterocycles. The first-order chi connectivity index (χ1) is 6.34. The van der Waals surface area contributed by atoms with Crippen LogP contribution in [0.1, 0.15) is 39.0 Å². The maximum Gasteiger partial charge on any atom is 0.0169 e. The Morgan fingerprint density at radius 3 is 2.54 bits per heavy atom. The highest BCUT2D eigenvalue weighted by atomic mass is 15.2. The molecule has 0 bridgehead atoms. The molecule has 1 N–H and O–H groups in total. The van der Waals surface area contributed by atoms with Crippen LogP contribution in [0.25, 0.3) is 0 Å². The molecule has 2 heteroatoms. The Hall–Kier alpha value is -0.0800. The van der Waals surface area contributed by atoms with E-state index in [9.17, 15) is 0 Å². The zero-order valence-corrected chi connectivity index (χ0v) is 8.76. The van der Waals surface area contributed by atoms with Crippen LogP contribution in [0.4, 0.5) is 0 Å². The van der Waals surface area contributed by atoms with Gasteiger partial charge in [0, 0.05) is 18.6 Å². The van der Waals surface area contributed by atoms with E-state index in [1.54, 1.807) is 0 Å². The van der Waals surface area contributed by atoms with Gasteiger partial charge in [-0.05, 0) is 45.7 Å². The van der Waals surface area contributed by atoms with E-state index in [1.165, 1.54) is 51.7 Å². The number of nitrogens with zero attached hydrogens (tertiary/aromatic N) is 1. The second kappa shape index (κ2) is 4.43. The normalized spacial score (nSPS) is 27.5. The lowest BCUT2D eigenvalue weighted by molar-refractivity contribution is 0.209. The Kier molecular flexibility index (Phi) is 3.23. The van der Waals surface area contributed by atoms with E-state index in [0.29, 0.717) is 6.04 Å². The minimum atomic E-state index is 0.700. The summed E-state index contributed by atoms with van der Waals surface area (Å²) in [5.41, 5.74) is 0. The highest BCUT2D eigenvalue weighted by Crippen LogP contribution is 2.19. The lowest BCUT2D eigenvalue weighted by atomic mass is 10.1. The van der Waals surface area contributed by atoms with Gasteiger partial charge < -0.3 is 10.2 Å². The number of nitrogens with one attached hydrogen (secondary N) is 1. The Morgan fingerprint density at radius 1 is 1.23 bits per heavy atom. The highest BCUT2D eigenvalue weighted by Gasteiger charge is 2.23. The van der Waals surface area contributed by atoms with Gasteiger partial charge in [-0.3, -0.25) is 0 Å². The number of hydrogen-bond donors (Lipinski definition) is 1. The van der Waals surface area contributed by atoms with Gasteiger partial charge in [0.05, 0.1) is 0 Å². The Balaban J connectivity index is 1.62. The summed E-state index contributed by atoms with van der Waals surface area (Å²) in [6.45, 7) is 6.25. The van der Waals surface area contributed by atoms with Crippen molar-refractivity contribution < 1.29 is 0 Å². The fourth-order valence-electron chi connectivity index (χ4n) is 2.23. The molecule has 0 amide bonds. The van der Waals surface area contributed by atoms with Gasteiger partial charge in [-0.15, -0.1) is 0 Å². The molecular formula is C11H22N2. The zero-order valence-electron chi connectivity index (χ0n) is 8.76. The van der Waals surface area contributed by atoms with Crippen LogP contribution >= 0.6 is 0 Å². The molecule has 1 unspecified atom stereocenters. The number of rotatable bonds is 4. The van der Waals surface area contributed by atoms with Gasteiger partial charge in [0.25, 0.3) is 0 Å².